The Kier molecular flexibility index (Phi) is 5.16. The van der Waals surface area contributed by atoms with Crippen molar-refractivity contribution >= 4 is 18.1 Å². The van der Waals surface area contributed by atoms with Crippen LogP contribution < -0.4 is 11.6 Å². The van der Waals surface area contributed by atoms with Gasteiger partial charge in [0.05, 0.1) is 0 Å². The van der Waals surface area contributed by atoms with Gasteiger partial charge in [-0.05, 0) is 41.5 Å². The molecule has 0 heterocycles. The lowest BCUT2D eigenvalue weighted by molar-refractivity contribution is 0.0145. The van der Waals surface area contributed by atoms with E-state index in [1.807, 2.05) is 0 Å². The van der Waals surface area contributed by atoms with Crippen molar-refractivity contribution in [3.63, 3.8) is 0 Å². The monoisotopic (exact) mass is 274 g/mol. The first-order valence-electron chi connectivity index (χ1n) is 5.67. The molecule has 110 valence electrons. The van der Waals surface area contributed by atoms with E-state index in [-0.39, 0.29) is 0 Å². The second kappa shape index (κ2) is 5.77. The van der Waals surface area contributed by atoms with E-state index in [0.717, 1.165) is 0 Å². The van der Waals surface area contributed by atoms with Crippen molar-refractivity contribution in [2.75, 3.05) is 0 Å². The molecule has 0 aromatic carbocycles. The number of carbonyl (C=O) groups excluding carboxylic acids is 2. The zero-order chi connectivity index (χ0) is 15.4. The van der Waals surface area contributed by atoms with Crippen LogP contribution >= 0.6 is 0 Å². The minimum absolute atomic E-state index is 0.441. The van der Waals surface area contributed by atoms with Gasteiger partial charge in [0, 0.05) is 0 Å². The van der Waals surface area contributed by atoms with Crippen LogP contribution in [0.5, 0.6) is 0 Å². The van der Waals surface area contributed by atoms with E-state index >= 15 is 0 Å². The van der Waals surface area contributed by atoms with Crippen molar-refractivity contribution in [1.82, 2.24) is 4.90 Å². The van der Waals surface area contributed by atoms with Gasteiger partial charge in [-0.15, -0.1) is 10.0 Å². The molecule has 0 unspecified atom stereocenters. The first-order valence-corrected chi connectivity index (χ1v) is 5.67. The predicted octanol–water partition coefficient (Wildman–Crippen LogP) is 1.35. The Morgan fingerprint density at radius 2 is 1.26 bits per heavy atom. The number of nitrogens with zero attached hydrogens (tertiary/aromatic N) is 2. The number of rotatable bonds is 0. The molecule has 0 saturated carbocycles. The Labute approximate surface area is 112 Å². The molecule has 0 aliphatic heterocycles. The molecule has 0 saturated heterocycles. The number of guanidine groups is 1. The fraction of sp³-hybridized carbons (Fsp3) is 0.727. The highest BCUT2D eigenvalue weighted by Crippen LogP contribution is 2.14. The predicted molar refractivity (Wildman–Crippen MR) is 70.1 cm³/mol. The average Bonchev–Trinajstić information content (AvgIpc) is 2.11. The number of hydrogen-bond donors (Lipinski definition) is 2. The molecule has 8 nitrogen and oxygen atoms in total. The van der Waals surface area contributed by atoms with Gasteiger partial charge in [-0.2, -0.15) is 0 Å². The second-order valence-electron chi connectivity index (χ2n) is 5.78. The first kappa shape index (κ1) is 17.0. The lowest BCUT2D eigenvalue weighted by Gasteiger charge is -2.27. The van der Waals surface area contributed by atoms with Crippen molar-refractivity contribution in [2.24, 2.45) is 16.7 Å². The summed E-state index contributed by atoms with van der Waals surface area (Å²) in [6, 6.07) is 0. The fourth-order valence-electron chi connectivity index (χ4n) is 0.934. The molecule has 0 aromatic heterocycles. The van der Waals surface area contributed by atoms with Crippen LogP contribution in [0.1, 0.15) is 41.5 Å². The van der Waals surface area contributed by atoms with Crippen LogP contribution in [0.4, 0.5) is 9.59 Å². The Hall–Kier alpha value is -1.99. The van der Waals surface area contributed by atoms with Crippen molar-refractivity contribution in [3.05, 3.63) is 0 Å². The van der Waals surface area contributed by atoms with E-state index in [4.69, 9.17) is 21.1 Å². The summed E-state index contributed by atoms with van der Waals surface area (Å²) in [5, 5.41) is 3.11. The number of nitrogens with two attached hydrogens (primary N) is 2. The molecule has 0 bridgehead atoms. The first-order chi connectivity index (χ1) is 8.37. The number of amides is 2. The molecule has 19 heavy (non-hydrogen) atoms. The molecule has 4 N–H and O–H groups in total. The Balaban J connectivity index is 5.14. The second-order valence-corrected chi connectivity index (χ2v) is 5.78. The quantitative estimate of drug-likeness (QED) is 0.298. The van der Waals surface area contributed by atoms with Gasteiger partial charge in [0.1, 0.15) is 11.2 Å². The van der Waals surface area contributed by atoms with Crippen molar-refractivity contribution in [1.29, 1.82) is 0 Å². The third-order valence-corrected chi connectivity index (χ3v) is 1.51. The highest BCUT2D eigenvalue weighted by atomic mass is 16.6. The largest absolute Gasteiger partial charge is 0.443 e. The minimum Gasteiger partial charge on any atom is -0.443 e. The van der Waals surface area contributed by atoms with Crippen molar-refractivity contribution in [2.45, 2.75) is 52.7 Å². The molecule has 0 atom stereocenters. The van der Waals surface area contributed by atoms with Gasteiger partial charge in [-0.3, -0.25) is 0 Å². The fourth-order valence-corrected chi connectivity index (χ4v) is 0.934. The lowest BCUT2D eigenvalue weighted by atomic mass is 10.2. The van der Waals surface area contributed by atoms with Gasteiger partial charge < -0.3 is 21.1 Å². The number of hydrazone groups is 1. The highest BCUT2D eigenvalue weighted by molar-refractivity contribution is 6.07. The van der Waals surface area contributed by atoms with Crippen molar-refractivity contribution in [3.8, 4) is 0 Å². The van der Waals surface area contributed by atoms with E-state index < -0.39 is 29.3 Å². The van der Waals surface area contributed by atoms with Gasteiger partial charge in [-0.1, -0.05) is 0 Å². The maximum absolute atomic E-state index is 11.9. The molecule has 0 radical (unpaired) electrons. The van der Waals surface area contributed by atoms with Crippen LogP contribution in [-0.2, 0) is 9.47 Å². The summed E-state index contributed by atoms with van der Waals surface area (Å²) in [6.07, 6.45) is -2.01. The number of imide groups is 1. The normalized spacial score (nSPS) is 12.8. The smallest absolute Gasteiger partial charge is 0.427 e. The maximum Gasteiger partial charge on any atom is 0.427 e. The van der Waals surface area contributed by atoms with Crippen LogP contribution in [-0.4, -0.2) is 34.2 Å². The van der Waals surface area contributed by atoms with E-state index in [2.05, 4.69) is 5.10 Å². The van der Waals surface area contributed by atoms with E-state index in [1.54, 1.807) is 41.5 Å². The Morgan fingerprint density at radius 1 is 0.947 bits per heavy atom. The summed E-state index contributed by atoms with van der Waals surface area (Å²) < 4.78 is 10.1. The van der Waals surface area contributed by atoms with Crippen LogP contribution in [0.2, 0.25) is 0 Å². The van der Waals surface area contributed by atoms with Gasteiger partial charge in [-0.25, -0.2) is 9.59 Å². The summed E-state index contributed by atoms with van der Waals surface area (Å²) in [4.78, 5) is 24.2. The van der Waals surface area contributed by atoms with Crippen LogP contribution in [0.15, 0.2) is 5.10 Å². The number of ether oxygens (including phenoxy) is 2. The molecule has 0 rings (SSSR count). The van der Waals surface area contributed by atoms with Crippen LogP contribution in [0.25, 0.3) is 0 Å². The summed E-state index contributed by atoms with van der Waals surface area (Å²) in [7, 11) is 0. The Morgan fingerprint density at radius 3 is 1.47 bits per heavy atom. The highest BCUT2D eigenvalue weighted by Gasteiger charge is 2.33. The molecule has 0 aromatic rings. The van der Waals surface area contributed by atoms with E-state index in [9.17, 15) is 9.59 Å². The van der Waals surface area contributed by atoms with E-state index in [1.165, 1.54) is 0 Å². The number of hydrogen-bond acceptors (Lipinski definition) is 6. The Bertz CT molecular complexity index is 351. The summed E-state index contributed by atoms with van der Waals surface area (Å²) in [6.45, 7) is 9.88. The molecule has 0 aliphatic carbocycles. The van der Waals surface area contributed by atoms with Crippen LogP contribution in [0, 0.1) is 0 Å². The molecule has 0 fully saturated rings. The SMILES string of the molecule is CC(C)(C)OC(=O)N(C(=O)OC(C)(C)C)C(N)=NN. The molecule has 2 amide bonds. The summed E-state index contributed by atoms with van der Waals surface area (Å²) >= 11 is 0. The van der Waals surface area contributed by atoms with Gasteiger partial charge >= 0.3 is 12.2 Å². The topological polar surface area (TPSA) is 120 Å². The minimum atomic E-state index is -1.01. The summed E-state index contributed by atoms with van der Waals surface area (Å²) in [5.41, 5.74) is 3.81. The molecule has 0 aliphatic rings. The lowest BCUT2D eigenvalue weighted by Crippen LogP contribution is -2.50. The number of carbonyl (C=O) groups is 2. The molecule has 0 spiro atoms. The summed E-state index contributed by atoms with van der Waals surface area (Å²) in [5.74, 6) is 4.47. The molecule has 8 heteroatoms. The van der Waals surface area contributed by atoms with Crippen LogP contribution in [0.3, 0.4) is 0 Å². The van der Waals surface area contributed by atoms with Gasteiger partial charge in [0.25, 0.3) is 0 Å². The standard InChI is InChI=1S/C11H22N4O4/c1-10(2,3)18-8(16)15(7(12)14-13)9(17)19-11(4,5)6/h13H2,1-6H3,(H2,12,14). The van der Waals surface area contributed by atoms with Gasteiger partial charge in [0.15, 0.2) is 0 Å². The molecular weight excluding hydrogens is 252 g/mol. The van der Waals surface area contributed by atoms with Crippen molar-refractivity contribution < 1.29 is 19.1 Å². The maximum atomic E-state index is 11.9. The third-order valence-electron chi connectivity index (χ3n) is 1.51. The third kappa shape index (κ3) is 6.49. The van der Waals surface area contributed by atoms with E-state index in [0.29, 0.717) is 4.90 Å². The zero-order valence-electron chi connectivity index (χ0n) is 12.2. The molecular formula is C11H22N4O4. The zero-order valence-corrected chi connectivity index (χ0v) is 12.2. The average molecular weight is 274 g/mol. The van der Waals surface area contributed by atoms with Gasteiger partial charge in [0.2, 0.25) is 5.96 Å².